The second-order valence-electron chi connectivity index (χ2n) is 7.63. The molecule has 1 aliphatic heterocycles. The number of aliphatic hydroxyl groups is 1. The van der Waals surface area contributed by atoms with Gasteiger partial charge in [0.15, 0.2) is 0 Å². The van der Waals surface area contributed by atoms with Crippen molar-refractivity contribution in [2.24, 2.45) is 0 Å². The van der Waals surface area contributed by atoms with E-state index in [1.165, 1.54) is 24.8 Å². The van der Waals surface area contributed by atoms with Crippen molar-refractivity contribution in [2.75, 3.05) is 13.1 Å². The number of nitrogens with one attached hydrogen (secondary N) is 1. The SMILES string of the molecule is CC1CC(NCC2(O)CCCc3ccccc32)CN1C1CC1. The van der Waals surface area contributed by atoms with E-state index in [9.17, 15) is 5.11 Å². The fourth-order valence-electron chi connectivity index (χ4n) is 4.51. The second kappa shape index (κ2) is 5.63. The molecule has 0 aromatic heterocycles. The number of rotatable bonds is 4. The van der Waals surface area contributed by atoms with Gasteiger partial charge in [0.25, 0.3) is 0 Å². The Bertz CT molecular complexity index is 542. The lowest BCUT2D eigenvalue weighted by atomic mass is 9.79. The van der Waals surface area contributed by atoms with Crippen LogP contribution in [0.15, 0.2) is 24.3 Å². The van der Waals surface area contributed by atoms with Gasteiger partial charge >= 0.3 is 0 Å². The summed E-state index contributed by atoms with van der Waals surface area (Å²) in [6, 6.07) is 10.5. The molecule has 120 valence electrons. The molecule has 3 unspecified atom stereocenters. The van der Waals surface area contributed by atoms with E-state index >= 15 is 0 Å². The smallest absolute Gasteiger partial charge is 0.102 e. The molecular weight excluding hydrogens is 272 g/mol. The first-order valence-electron chi connectivity index (χ1n) is 8.96. The Balaban J connectivity index is 1.41. The highest BCUT2D eigenvalue weighted by atomic mass is 16.3. The first-order chi connectivity index (χ1) is 10.7. The van der Waals surface area contributed by atoms with Gasteiger partial charge in [-0.3, -0.25) is 4.90 Å². The lowest BCUT2D eigenvalue weighted by Gasteiger charge is -2.35. The molecule has 1 heterocycles. The minimum atomic E-state index is -0.676. The van der Waals surface area contributed by atoms with E-state index in [-0.39, 0.29) is 0 Å². The van der Waals surface area contributed by atoms with Crippen LogP contribution in [0.3, 0.4) is 0 Å². The number of fused-ring (bicyclic) bond motifs is 1. The Morgan fingerprint density at radius 2 is 2.14 bits per heavy atom. The van der Waals surface area contributed by atoms with Crippen LogP contribution in [0, 0.1) is 0 Å². The number of hydrogen-bond acceptors (Lipinski definition) is 3. The normalized spacial score (nSPS) is 35.5. The number of likely N-dealkylation sites (tertiary alicyclic amines) is 1. The van der Waals surface area contributed by atoms with Gasteiger partial charge in [0.1, 0.15) is 5.60 Å². The molecule has 22 heavy (non-hydrogen) atoms. The van der Waals surface area contributed by atoms with Crippen molar-refractivity contribution in [3.8, 4) is 0 Å². The van der Waals surface area contributed by atoms with Gasteiger partial charge in [-0.2, -0.15) is 0 Å². The molecule has 3 heteroatoms. The van der Waals surface area contributed by atoms with Gasteiger partial charge in [-0.15, -0.1) is 0 Å². The third-order valence-corrected chi connectivity index (χ3v) is 5.88. The highest BCUT2D eigenvalue weighted by Crippen LogP contribution is 2.36. The van der Waals surface area contributed by atoms with Crippen LogP contribution in [0.25, 0.3) is 0 Å². The molecule has 1 saturated carbocycles. The van der Waals surface area contributed by atoms with Crippen molar-refractivity contribution in [2.45, 2.75) is 69.2 Å². The highest BCUT2D eigenvalue weighted by molar-refractivity contribution is 5.35. The van der Waals surface area contributed by atoms with Crippen LogP contribution < -0.4 is 5.32 Å². The molecule has 3 nitrogen and oxygen atoms in total. The van der Waals surface area contributed by atoms with Crippen LogP contribution in [0.4, 0.5) is 0 Å². The second-order valence-corrected chi connectivity index (χ2v) is 7.63. The molecule has 1 saturated heterocycles. The molecule has 2 fully saturated rings. The molecule has 4 rings (SSSR count). The first kappa shape index (κ1) is 14.7. The monoisotopic (exact) mass is 300 g/mol. The third kappa shape index (κ3) is 2.70. The molecule has 2 aliphatic carbocycles. The average molecular weight is 300 g/mol. The average Bonchev–Trinajstić information content (AvgIpc) is 3.29. The van der Waals surface area contributed by atoms with Crippen molar-refractivity contribution in [1.82, 2.24) is 10.2 Å². The van der Waals surface area contributed by atoms with Crippen molar-refractivity contribution < 1.29 is 5.11 Å². The number of benzene rings is 1. The van der Waals surface area contributed by atoms with E-state index in [0.717, 1.165) is 37.4 Å². The van der Waals surface area contributed by atoms with Gasteiger partial charge in [0.2, 0.25) is 0 Å². The molecule has 1 aromatic carbocycles. The summed E-state index contributed by atoms with van der Waals surface area (Å²) in [7, 11) is 0. The summed E-state index contributed by atoms with van der Waals surface area (Å²) in [6.45, 7) is 4.20. The zero-order chi connectivity index (χ0) is 15.2. The Morgan fingerprint density at radius 3 is 2.95 bits per heavy atom. The van der Waals surface area contributed by atoms with E-state index in [2.05, 4.69) is 41.4 Å². The van der Waals surface area contributed by atoms with Gasteiger partial charge in [-0.25, -0.2) is 0 Å². The lowest BCUT2D eigenvalue weighted by molar-refractivity contribution is 0.0168. The molecule has 0 spiro atoms. The lowest BCUT2D eigenvalue weighted by Crippen LogP contribution is -2.45. The van der Waals surface area contributed by atoms with Crippen molar-refractivity contribution in [3.63, 3.8) is 0 Å². The van der Waals surface area contributed by atoms with Crippen LogP contribution >= 0.6 is 0 Å². The minimum absolute atomic E-state index is 0.536. The maximum absolute atomic E-state index is 11.2. The van der Waals surface area contributed by atoms with E-state index < -0.39 is 5.60 Å². The fourth-order valence-corrected chi connectivity index (χ4v) is 4.51. The standard InChI is InChI=1S/C19H28N2O/c1-14-11-16(12-21(14)17-8-9-17)20-13-19(22)10-4-6-15-5-2-3-7-18(15)19/h2-3,5,7,14,16-17,20,22H,4,6,8-13H2,1H3. The molecule has 0 radical (unpaired) electrons. The van der Waals surface area contributed by atoms with Crippen LogP contribution in [-0.4, -0.2) is 41.2 Å². The predicted molar refractivity (Wildman–Crippen MR) is 88.9 cm³/mol. The summed E-state index contributed by atoms with van der Waals surface area (Å²) in [5.41, 5.74) is 1.81. The number of nitrogens with zero attached hydrogens (tertiary/aromatic N) is 1. The maximum Gasteiger partial charge on any atom is 0.102 e. The summed E-state index contributed by atoms with van der Waals surface area (Å²) < 4.78 is 0. The van der Waals surface area contributed by atoms with Gasteiger partial charge in [0, 0.05) is 31.2 Å². The van der Waals surface area contributed by atoms with Crippen molar-refractivity contribution in [1.29, 1.82) is 0 Å². The van der Waals surface area contributed by atoms with Crippen molar-refractivity contribution >= 4 is 0 Å². The van der Waals surface area contributed by atoms with Crippen molar-refractivity contribution in [3.05, 3.63) is 35.4 Å². The molecule has 1 aromatic rings. The largest absolute Gasteiger partial charge is 0.384 e. The van der Waals surface area contributed by atoms with Gasteiger partial charge in [0.05, 0.1) is 0 Å². The topological polar surface area (TPSA) is 35.5 Å². The van der Waals surface area contributed by atoms with Gasteiger partial charge < -0.3 is 10.4 Å². The van der Waals surface area contributed by atoms with Gasteiger partial charge in [-0.1, -0.05) is 24.3 Å². The van der Waals surface area contributed by atoms with Crippen LogP contribution in [0.1, 0.15) is 50.2 Å². The fraction of sp³-hybridized carbons (Fsp3) is 0.684. The summed E-state index contributed by atoms with van der Waals surface area (Å²) >= 11 is 0. The summed E-state index contributed by atoms with van der Waals surface area (Å²) in [4.78, 5) is 2.66. The molecule has 3 atom stereocenters. The van der Waals surface area contributed by atoms with E-state index in [1.807, 2.05) is 0 Å². The van der Waals surface area contributed by atoms with E-state index in [1.54, 1.807) is 0 Å². The Morgan fingerprint density at radius 1 is 1.32 bits per heavy atom. The Labute approximate surface area is 133 Å². The van der Waals surface area contributed by atoms with Crippen LogP contribution in [0.5, 0.6) is 0 Å². The maximum atomic E-state index is 11.2. The summed E-state index contributed by atoms with van der Waals surface area (Å²) in [5, 5.41) is 14.8. The number of aryl methyl sites for hydroxylation is 1. The third-order valence-electron chi connectivity index (χ3n) is 5.88. The van der Waals surface area contributed by atoms with E-state index in [4.69, 9.17) is 0 Å². The Hall–Kier alpha value is -0.900. The molecule has 0 bridgehead atoms. The first-order valence-corrected chi connectivity index (χ1v) is 8.96. The highest BCUT2D eigenvalue weighted by Gasteiger charge is 2.40. The number of hydrogen-bond donors (Lipinski definition) is 2. The molecule has 2 N–H and O–H groups in total. The van der Waals surface area contributed by atoms with E-state index in [0.29, 0.717) is 18.6 Å². The molecular formula is C19H28N2O. The van der Waals surface area contributed by atoms with Crippen LogP contribution in [0.2, 0.25) is 0 Å². The molecule has 0 amide bonds. The van der Waals surface area contributed by atoms with Crippen LogP contribution in [-0.2, 0) is 12.0 Å². The summed E-state index contributed by atoms with van der Waals surface area (Å²) in [6.07, 6.45) is 7.06. The van der Waals surface area contributed by atoms with Gasteiger partial charge in [-0.05, 0) is 56.6 Å². The molecule has 3 aliphatic rings. The minimum Gasteiger partial charge on any atom is -0.384 e. The summed E-state index contributed by atoms with van der Waals surface area (Å²) in [5.74, 6) is 0. The predicted octanol–water partition coefficient (Wildman–Crippen LogP) is 2.43. The zero-order valence-electron chi connectivity index (χ0n) is 13.6. The zero-order valence-corrected chi connectivity index (χ0v) is 13.6. The quantitative estimate of drug-likeness (QED) is 0.896. The Kier molecular flexibility index (Phi) is 3.75.